The lowest BCUT2D eigenvalue weighted by Gasteiger charge is -2.05. The summed E-state index contributed by atoms with van der Waals surface area (Å²) in [6.07, 6.45) is 0. The lowest BCUT2D eigenvalue weighted by atomic mass is 10.1. The van der Waals surface area contributed by atoms with Gasteiger partial charge in [0.1, 0.15) is 5.52 Å². The monoisotopic (exact) mass is 340 g/mol. The first-order chi connectivity index (χ1) is 12.2. The Morgan fingerprint density at radius 2 is 1.84 bits per heavy atom. The normalized spacial score (nSPS) is 11.1. The van der Waals surface area contributed by atoms with E-state index in [4.69, 9.17) is 9.47 Å². The molecular formula is C19H20N2O4. The molecule has 0 aliphatic rings. The molecule has 6 nitrogen and oxygen atoms in total. The highest BCUT2D eigenvalue weighted by Crippen LogP contribution is 2.31. The van der Waals surface area contributed by atoms with Crippen LogP contribution in [0.4, 0.5) is 5.69 Å². The number of H-pyrrole nitrogens is 1. The number of ether oxygens (including phenoxy) is 2. The SMILES string of the molecule is CCOCCOCc1cc([N+](=O)[O-])c2[nH]c(-c3ccccc3)cc2c1. The smallest absolute Gasteiger partial charge is 0.293 e. The van der Waals surface area contributed by atoms with E-state index in [2.05, 4.69) is 4.98 Å². The van der Waals surface area contributed by atoms with Gasteiger partial charge in [-0.05, 0) is 30.2 Å². The molecule has 3 aromatic rings. The van der Waals surface area contributed by atoms with E-state index in [0.29, 0.717) is 31.9 Å². The van der Waals surface area contributed by atoms with Crippen LogP contribution in [0.2, 0.25) is 0 Å². The first-order valence-electron chi connectivity index (χ1n) is 8.20. The fraction of sp³-hybridized carbons (Fsp3) is 0.263. The van der Waals surface area contributed by atoms with E-state index >= 15 is 0 Å². The third-order valence-electron chi connectivity index (χ3n) is 3.89. The van der Waals surface area contributed by atoms with Crippen LogP contribution in [0.5, 0.6) is 0 Å². The van der Waals surface area contributed by atoms with Crippen LogP contribution in [0.25, 0.3) is 22.2 Å². The number of aromatic nitrogens is 1. The molecule has 2 aromatic carbocycles. The van der Waals surface area contributed by atoms with Crippen molar-refractivity contribution in [3.8, 4) is 11.3 Å². The predicted octanol–water partition coefficient (Wildman–Crippen LogP) is 4.30. The number of hydrogen-bond acceptors (Lipinski definition) is 4. The maximum Gasteiger partial charge on any atom is 0.293 e. The summed E-state index contributed by atoms with van der Waals surface area (Å²) < 4.78 is 10.8. The summed E-state index contributed by atoms with van der Waals surface area (Å²) in [5.41, 5.74) is 3.20. The highest BCUT2D eigenvalue weighted by molar-refractivity contribution is 5.92. The number of nitro groups is 1. The lowest BCUT2D eigenvalue weighted by Crippen LogP contribution is -2.04. The lowest BCUT2D eigenvalue weighted by molar-refractivity contribution is -0.383. The summed E-state index contributed by atoms with van der Waals surface area (Å²) in [5, 5.41) is 12.3. The average molecular weight is 340 g/mol. The van der Waals surface area contributed by atoms with Gasteiger partial charge in [0.25, 0.3) is 5.69 Å². The third kappa shape index (κ3) is 4.04. The van der Waals surface area contributed by atoms with E-state index in [1.165, 1.54) is 0 Å². The molecule has 0 spiro atoms. The summed E-state index contributed by atoms with van der Waals surface area (Å²) in [7, 11) is 0. The molecule has 1 aromatic heterocycles. The minimum Gasteiger partial charge on any atom is -0.379 e. The Hall–Kier alpha value is -2.70. The molecule has 0 unspecified atom stereocenters. The van der Waals surface area contributed by atoms with Crippen molar-refractivity contribution >= 4 is 16.6 Å². The second kappa shape index (κ2) is 7.92. The van der Waals surface area contributed by atoms with E-state index in [1.807, 2.05) is 49.4 Å². The Morgan fingerprint density at radius 1 is 1.08 bits per heavy atom. The first kappa shape index (κ1) is 17.1. The molecule has 1 N–H and O–H groups in total. The average Bonchev–Trinajstić information content (AvgIpc) is 3.05. The fourth-order valence-electron chi connectivity index (χ4n) is 2.74. The molecule has 0 fully saturated rings. The minimum atomic E-state index is -0.364. The van der Waals surface area contributed by atoms with Crippen LogP contribution in [0.15, 0.2) is 48.5 Å². The molecule has 25 heavy (non-hydrogen) atoms. The standard InChI is InChI=1S/C19H20N2O4/c1-2-24-8-9-25-13-14-10-16-12-17(15-6-4-3-5-7-15)20-19(16)18(11-14)21(22)23/h3-7,10-12,20H,2,8-9,13H2,1H3. The summed E-state index contributed by atoms with van der Waals surface area (Å²) in [6.45, 7) is 3.86. The molecule has 0 atom stereocenters. The van der Waals surface area contributed by atoms with Crippen molar-refractivity contribution in [1.29, 1.82) is 0 Å². The van der Waals surface area contributed by atoms with Gasteiger partial charge in [0.05, 0.1) is 24.7 Å². The topological polar surface area (TPSA) is 77.4 Å². The maximum atomic E-state index is 11.5. The van der Waals surface area contributed by atoms with Gasteiger partial charge in [0.2, 0.25) is 0 Å². The van der Waals surface area contributed by atoms with Crippen LogP contribution in [-0.4, -0.2) is 29.7 Å². The number of benzene rings is 2. The Morgan fingerprint density at radius 3 is 2.56 bits per heavy atom. The van der Waals surface area contributed by atoms with E-state index in [9.17, 15) is 10.1 Å². The first-order valence-corrected chi connectivity index (χ1v) is 8.20. The highest BCUT2D eigenvalue weighted by atomic mass is 16.6. The molecule has 130 valence electrons. The Bertz CT molecular complexity index is 858. The van der Waals surface area contributed by atoms with Crippen molar-refractivity contribution in [2.45, 2.75) is 13.5 Å². The van der Waals surface area contributed by atoms with Crippen molar-refractivity contribution < 1.29 is 14.4 Å². The number of non-ortho nitro benzene ring substituents is 1. The number of fused-ring (bicyclic) bond motifs is 1. The number of hydrogen-bond donors (Lipinski definition) is 1. The molecule has 1 heterocycles. The van der Waals surface area contributed by atoms with Crippen molar-refractivity contribution in [3.63, 3.8) is 0 Å². The molecule has 0 saturated carbocycles. The number of nitrogens with one attached hydrogen (secondary N) is 1. The van der Waals surface area contributed by atoms with Crippen LogP contribution >= 0.6 is 0 Å². The summed E-state index contributed by atoms with van der Waals surface area (Å²) >= 11 is 0. The van der Waals surface area contributed by atoms with Crippen molar-refractivity contribution in [1.82, 2.24) is 4.98 Å². The minimum absolute atomic E-state index is 0.0584. The Labute approximate surface area is 145 Å². The van der Waals surface area contributed by atoms with Crippen LogP contribution < -0.4 is 0 Å². The Balaban J connectivity index is 1.89. The van der Waals surface area contributed by atoms with E-state index < -0.39 is 0 Å². The van der Waals surface area contributed by atoms with Gasteiger partial charge >= 0.3 is 0 Å². The summed E-state index contributed by atoms with van der Waals surface area (Å²) in [4.78, 5) is 14.3. The summed E-state index contributed by atoms with van der Waals surface area (Å²) in [6, 6.07) is 15.2. The van der Waals surface area contributed by atoms with E-state index in [-0.39, 0.29) is 10.6 Å². The van der Waals surface area contributed by atoms with Crippen LogP contribution in [0.3, 0.4) is 0 Å². The van der Waals surface area contributed by atoms with Crippen LogP contribution in [0.1, 0.15) is 12.5 Å². The quantitative estimate of drug-likeness (QED) is 0.377. The van der Waals surface area contributed by atoms with E-state index in [1.54, 1.807) is 6.07 Å². The molecule has 6 heteroatoms. The summed E-state index contributed by atoms with van der Waals surface area (Å²) in [5.74, 6) is 0. The van der Waals surface area contributed by atoms with Crippen molar-refractivity contribution in [2.75, 3.05) is 19.8 Å². The van der Waals surface area contributed by atoms with Gasteiger partial charge in [-0.3, -0.25) is 10.1 Å². The number of aromatic amines is 1. The molecule has 0 aliphatic carbocycles. The van der Waals surface area contributed by atoms with Crippen LogP contribution in [0, 0.1) is 10.1 Å². The zero-order valence-electron chi connectivity index (χ0n) is 14.0. The zero-order chi connectivity index (χ0) is 17.6. The third-order valence-corrected chi connectivity index (χ3v) is 3.89. The number of rotatable bonds is 8. The molecule has 0 saturated heterocycles. The predicted molar refractivity (Wildman–Crippen MR) is 96.5 cm³/mol. The van der Waals surface area contributed by atoms with Gasteiger partial charge < -0.3 is 14.5 Å². The number of nitro benzene ring substituents is 1. The molecule has 0 radical (unpaired) electrons. The van der Waals surface area contributed by atoms with Gasteiger partial charge in [0, 0.05) is 23.8 Å². The van der Waals surface area contributed by atoms with Crippen molar-refractivity contribution in [3.05, 3.63) is 64.2 Å². The molecule has 0 bridgehead atoms. The zero-order valence-corrected chi connectivity index (χ0v) is 14.0. The van der Waals surface area contributed by atoms with Gasteiger partial charge in [-0.25, -0.2) is 0 Å². The maximum absolute atomic E-state index is 11.5. The van der Waals surface area contributed by atoms with Gasteiger partial charge in [-0.1, -0.05) is 30.3 Å². The second-order valence-electron chi connectivity index (χ2n) is 5.63. The van der Waals surface area contributed by atoms with Crippen molar-refractivity contribution in [2.24, 2.45) is 0 Å². The molecule has 0 aliphatic heterocycles. The fourth-order valence-corrected chi connectivity index (χ4v) is 2.74. The Kier molecular flexibility index (Phi) is 5.42. The largest absolute Gasteiger partial charge is 0.379 e. The van der Waals surface area contributed by atoms with Crippen LogP contribution in [-0.2, 0) is 16.1 Å². The van der Waals surface area contributed by atoms with E-state index in [0.717, 1.165) is 22.2 Å². The number of nitrogens with zero attached hydrogens (tertiary/aromatic N) is 1. The highest BCUT2D eigenvalue weighted by Gasteiger charge is 2.17. The molecule has 3 rings (SSSR count). The van der Waals surface area contributed by atoms with Gasteiger partial charge in [-0.15, -0.1) is 0 Å². The van der Waals surface area contributed by atoms with Gasteiger partial charge in [0.15, 0.2) is 0 Å². The second-order valence-corrected chi connectivity index (χ2v) is 5.63. The molecule has 0 amide bonds. The molecular weight excluding hydrogens is 320 g/mol. The van der Waals surface area contributed by atoms with Gasteiger partial charge in [-0.2, -0.15) is 0 Å².